The van der Waals surface area contributed by atoms with Gasteiger partial charge in [0.15, 0.2) is 0 Å². The molecule has 0 radical (unpaired) electrons. The number of methoxy groups -OCH3 is 1. The Labute approximate surface area is 159 Å². The molecule has 1 aliphatic rings. The summed E-state index contributed by atoms with van der Waals surface area (Å²) in [6, 6.07) is 9.41. The summed E-state index contributed by atoms with van der Waals surface area (Å²) < 4.78 is 13.4. The number of benzene rings is 1. The molecule has 1 atom stereocenters. The topological polar surface area (TPSA) is 66.2 Å². The SMILES string of the molecule is COC(=O)c1ccc2nc(Cc3ccc(Br)nc3)n(C[C@@H]3CCO3)c2c1. The highest BCUT2D eigenvalue weighted by Gasteiger charge is 2.22. The molecule has 134 valence electrons. The average molecular weight is 416 g/mol. The maximum atomic E-state index is 11.9. The fourth-order valence-corrected chi connectivity index (χ4v) is 3.32. The lowest BCUT2D eigenvalue weighted by atomic mass is 10.1. The van der Waals surface area contributed by atoms with Gasteiger partial charge >= 0.3 is 5.97 Å². The molecule has 2 aromatic heterocycles. The largest absolute Gasteiger partial charge is 0.465 e. The lowest BCUT2D eigenvalue weighted by Crippen LogP contribution is -2.31. The number of pyridine rings is 1. The molecule has 3 heterocycles. The Balaban J connectivity index is 1.75. The number of ether oxygens (including phenoxy) is 2. The molecule has 0 saturated carbocycles. The second-order valence-corrected chi connectivity index (χ2v) is 7.09. The van der Waals surface area contributed by atoms with Crippen molar-refractivity contribution in [1.82, 2.24) is 14.5 Å². The van der Waals surface area contributed by atoms with Crippen molar-refractivity contribution in [3.63, 3.8) is 0 Å². The summed E-state index contributed by atoms with van der Waals surface area (Å²) in [5, 5.41) is 0. The van der Waals surface area contributed by atoms with Crippen LogP contribution in [0.4, 0.5) is 0 Å². The summed E-state index contributed by atoms with van der Waals surface area (Å²) in [4.78, 5) is 21.0. The van der Waals surface area contributed by atoms with Crippen LogP contribution < -0.4 is 0 Å². The minimum absolute atomic E-state index is 0.191. The van der Waals surface area contributed by atoms with Gasteiger partial charge < -0.3 is 14.0 Å². The monoisotopic (exact) mass is 415 g/mol. The molecule has 0 N–H and O–H groups in total. The lowest BCUT2D eigenvalue weighted by Gasteiger charge is -2.27. The molecule has 4 rings (SSSR count). The zero-order chi connectivity index (χ0) is 18.1. The number of hydrogen-bond donors (Lipinski definition) is 0. The third kappa shape index (κ3) is 3.37. The molecule has 1 saturated heterocycles. The van der Waals surface area contributed by atoms with Crippen molar-refractivity contribution in [2.75, 3.05) is 13.7 Å². The van der Waals surface area contributed by atoms with E-state index >= 15 is 0 Å². The first-order valence-corrected chi connectivity index (χ1v) is 9.23. The van der Waals surface area contributed by atoms with E-state index in [-0.39, 0.29) is 12.1 Å². The van der Waals surface area contributed by atoms with Gasteiger partial charge in [-0.15, -0.1) is 0 Å². The van der Waals surface area contributed by atoms with E-state index < -0.39 is 0 Å². The Kier molecular flexibility index (Phi) is 4.74. The Morgan fingerprint density at radius 3 is 2.88 bits per heavy atom. The summed E-state index contributed by atoms with van der Waals surface area (Å²) in [6.45, 7) is 1.52. The molecule has 1 aliphatic heterocycles. The molecule has 1 fully saturated rings. The molecule has 0 amide bonds. The van der Waals surface area contributed by atoms with E-state index in [1.807, 2.05) is 30.5 Å². The molecule has 0 bridgehead atoms. The van der Waals surface area contributed by atoms with Crippen molar-refractivity contribution in [2.24, 2.45) is 0 Å². The second kappa shape index (κ2) is 7.17. The van der Waals surface area contributed by atoms with Crippen LogP contribution in [-0.2, 0) is 22.4 Å². The summed E-state index contributed by atoms with van der Waals surface area (Å²) in [7, 11) is 1.39. The first kappa shape index (κ1) is 17.2. The van der Waals surface area contributed by atoms with E-state index in [9.17, 15) is 4.79 Å². The Bertz CT molecular complexity index is 949. The predicted octanol–water partition coefficient (Wildman–Crippen LogP) is 3.36. The molecule has 0 unspecified atom stereocenters. The third-order valence-electron chi connectivity index (χ3n) is 4.58. The highest BCUT2D eigenvalue weighted by atomic mass is 79.9. The molecule has 1 aromatic carbocycles. The summed E-state index contributed by atoms with van der Waals surface area (Å²) in [5.74, 6) is 0.583. The smallest absolute Gasteiger partial charge is 0.337 e. The van der Waals surface area contributed by atoms with Crippen molar-refractivity contribution in [1.29, 1.82) is 0 Å². The fourth-order valence-electron chi connectivity index (χ4n) is 3.08. The number of nitrogens with zero attached hydrogens (tertiary/aromatic N) is 3. The quantitative estimate of drug-likeness (QED) is 0.472. The van der Waals surface area contributed by atoms with E-state index in [0.717, 1.165) is 46.6 Å². The highest BCUT2D eigenvalue weighted by molar-refractivity contribution is 9.10. The van der Waals surface area contributed by atoms with Gasteiger partial charge in [-0.3, -0.25) is 0 Å². The van der Waals surface area contributed by atoms with Crippen molar-refractivity contribution in [2.45, 2.75) is 25.5 Å². The number of hydrogen-bond acceptors (Lipinski definition) is 5. The number of fused-ring (bicyclic) bond motifs is 1. The van der Waals surface area contributed by atoms with Crippen LogP contribution >= 0.6 is 15.9 Å². The van der Waals surface area contributed by atoms with Crippen molar-refractivity contribution in [3.05, 3.63) is 58.1 Å². The normalized spacial score (nSPS) is 16.5. The van der Waals surface area contributed by atoms with Gasteiger partial charge in [0, 0.05) is 19.2 Å². The molecule has 3 aromatic rings. The number of carbonyl (C=O) groups excluding carboxylic acids is 1. The number of esters is 1. The van der Waals surface area contributed by atoms with E-state index in [1.54, 1.807) is 6.07 Å². The Morgan fingerprint density at radius 1 is 1.38 bits per heavy atom. The zero-order valence-corrected chi connectivity index (χ0v) is 15.9. The number of carbonyl (C=O) groups is 1. The molecule has 7 heteroatoms. The standard InChI is InChI=1S/C19H18BrN3O3/c1-25-19(24)13-3-4-15-16(9-13)23(11-14-6-7-26-14)18(22-15)8-12-2-5-17(20)21-10-12/h2-5,9-10,14H,6-8,11H2,1H3/t14-/m0/s1. The predicted molar refractivity (Wildman–Crippen MR) is 100 cm³/mol. The van der Waals surface area contributed by atoms with Crippen LogP contribution in [0.3, 0.4) is 0 Å². The maximum Gasteiger partial charge on any atom is 0.337 e. The number of halogens is 1. The summed E-state index contributed by atoms with van der Waals surface area (Å²) in [5.41, 5.74) is 3.38. The molecule has 0 aliphatic carbocycles. The molecular formula is C19H18BrN3O3. The van der Waals surface area contributed by atoms with Gasteiger partial charge in [-0.1, -0.05) is 6.07 Å². The van der Waals surface area contributed by atoms with E-state index in [4.69, 9.17) is 14.5 Å². The fraction of sp³-hybridized carbons (Fsp3) is 0.316. The number of imidazole rings is 1. The van der Waals surface area contributed by atoms with Crippen LogP contribution in [0.25, 0.3) is 11.0 Å². The first-order chi connectivity index (χ1) is 12.6. The maximum absolute atomic E-state index is 11.9. The highest BCUT2D eigenvalue weighted by Crippen LogP contribution is 2.24. The van der Waals surface area contributed by atoms with Crippen LogP contribution in [0, 0.1) is 0 Å². The molecule has 0 spiro atoms. The molecule has 6 nitrogen and oxygen atoms in total. The van der Waals surface area contributed by atoms with Gasteiger partial charge in [0.05, 0.1) is 36.4 Å². The Morgan fingerprint density at radius 2 is 2.23 bits per heavy atom. The number of aromatic nitrogens is 3. The molecule has 26 heavy (non-hydrogen) atoms. The van der Waals surface area contributed by atoms with Crippen molar-refractivity contribution < 1.29 is 14.3 Å². The molecular weight excluding hydrogens is 398 g/mol. The second-order valence-electron chi connectivity index (χ2n) is 6.28. The van der Waals surface area contributed by atoms with Crippen LogP contribution in [-0.4, -0.2) is 40.3 Å². The minimum atomic E-state index is -0.349. The lowest BCUT2D eigenvalue weighted by molar-refractivity contribution is -0.0589. The van der Waals surface area contributed by atoms with Gasteiger partial charge in [0.2, 0.25) is 0 Å². The van der Waals surface area contributed by atoms with E-state index in [2.05, 4.69) is 25.5 Å². The van der Waals surface area contributed by atoms with E-state index in [0.29, 0.717) is 12.0 Å². The number of rotatable bonds is 5. The zero-order valence-electron chi connectivity index (χ0n) is 14.3. The summed E-state index contributed by atoms with van der Waals surface area (Å²) in [6.07, 6.45) is 3.73. The minimum Gasteiger partial charge on any atom is -0.465 e. The van der Waals surface area contributed by atoms with Crippen molar-refractivity contribution in [3.8, 4) is 0 Å². The van der Waals surface area contributed by atoms with Gasteiger partial charge in [-0.25, -0.2) is 14.8 Å². The van der Waals surface area contributed by atoms with Gasteiger partial charge in [-0.05, 0) is 52.2 Å². The van der Waals surface area contributed by atoms with Gasteiger partial charge in [0.1, 0.15) is 10.4 Å². The van der Waals surface area contributed by atoms with Gasteiger partial charge in [0.25, 0.3) is 0 Å². The van der Waals surface area contributed by atoms with Crippen LogP contribution in [0.5, 0.6) is 0 Å². The average Bonchev–Trinajstić information content (AvgIpc) is 2.95. The Hall–Kier alpha value is -2.25. The summed E-state index contributed by atoms with van der Waals surface area (Å²) >= 11 is 3.36. The van der Waals surface area contributed by atoms with Crippen LogP contribution in [0.1, 0.15) is 28.2 Å². The van der Waals surface area contributed by atoms with Gasteiger partial charge in [-0.2, -0.15) is 0 Å². The van der Waals surface area contributed by atoms with Crippen molar-refractivity contribution >= 4 is 32.9 Å². The van der Waals surface area contributed by atoms with Crippen LogP contribution in [0.2, 0.25) is 0 Å². The third-order valence-corrected chi connectivity index (χ3v) is 5.05. The van der Waals surface area contributed by atoms with E-state index in [1.165, 1.54) is 7.11 Å². The van der Waals surface area contributed by atoms with Crippen LogP contribution in [0.15, 0.2) is 41.1 Å². The first-order valence-electron chi connectivity index (χ1n) is 8.43.